The van der Waals surface area contributed by atoms with Gasteiger partial charge in [-0.1, -0.05) is 6.07 Å². The Kier molecular flexibility index (Phi) is 5.36. The highest BCUT2D eigenvalue weighted by Gasteiger charge is 2.22. The number of thiophene rings is 1. The Labute approximate surface area is 119 Å². The topological polar surface area (TPSA) is 26.8 Å². The van der Waals surface area contributed by atoms with E-state index in [9.17, 15) is 4.79 Å². The molecule has 1 aromatic heterocycles. The lowest BCUT2D eigenvalue weighted by molar-refractivity contribution is 0.0638. The van der Waals surface area contributed by atoms with Crippen LogP contribution in [0.1, 0.15) is 16.1 Å². The molecule has 0 saturated carbocycles. The standard InChI is InChI=1S/C14H23N3OS/c1-15(2)6-4-7-16-8-10-17(11-9-16)14(18)13-5-3-12-19-13/h3,5,12H,4,6-11H2,1-2H3. The van der Waals surface area contributed by atoms with E-state index in [2.05, 4.69) is 23.9 Å². The highest BCUT2D eigenvalue weighted by atomic mass is 32.1. The SMILES string of the molecule is CN(C)CCCN1CCN(C(=O)c2cccs2)CC1. The van der Waals surface area contributed by atoms with Gasteiger partial charge in [0.05, 0.1) is 4.88 Å². The fourth-order valence-electron chi connectivity index (χ4n) is 2.34. The van der Waals surface area contributed by atoms with Gasteiger partial charge in [0.2, 0.25) is 0 Å². The lowest BCUT2D eigenvalue weighted by atomic mass is 10.2. The first-order valence-corrected chi connectivity index (χ1v) is 7.74. The number of carbonyl (C=O) groups excluding carboxylic acids is 1. The van der Waals surface area contributed by atoms with Crippen molar-refractivity contribution in [2.24, 2.45) is 0 Å². The van der Waals surface area contributed by atoms with Crippen molar-refractivity contribution in [2.45, 2.75) is 6.42 Å². The summed E-state index contributed by atoms with van der Waals surface area (Å²) in [4.78, 5) is 19.7. The van der Waals surface area contributed by atoms with Gasteiger partial charge in [-0.15, -0.1) is 11.3 Å². The van der Waals surface area contributed by atoms with E-state index in [0.29, 0.717) is 0 Å². The van der Waals surface area contributed by atoms with E-state index >= 15 is 0 Å². The van der Waals surface area contributed by atoms with Gasteiger partial charge in [-0.25, -0.2) is 0 Å². The largest absolute Gasteiger partial charge is 0.335 e. The van der Waals surface area contributed by atoms with Gasteiger partial charge in [0, 0.05) is 26.2 Å². The zero-order valence-corrected chi connectivity index (χ0v) is 12.7. The lowest BCUT2D eigenvalue weighted by Gasteiger charge is -2.34. The molecule has 0 bridgehead atoms. The van der Waals surface area contributed by atoms with Gasteiger partial charge in [-0.05, 0) is 45.1 Å². The van der Waals surface area contributed by atoms with Crippen LogP contribution in [0.2, 0.25) is 0 Å². The fourth-order valence-corrected chi connectivity index (χ4v) is 3.03. The van der Waals surface area contributed by atoms with Gasteiger partial charge in [-0.3, -0.25) is 9.69 Å². The molecule has 1 aliphatic rings. The molecule has 1 saturated heterocycles. The minimum atomic E-state index is 0.197. The number of hydrogen-bond acceptors (Lipinski definition) is 4. The van der Waals surface area contributed by atoms with E-state index < -0.39 is 0 Å². The molecule has 5 heteroatoms. The first-order chi connectivity index (χ1) is 9.16. The maximum Gasteiger partial charge on any atom is 0.264 e. The quantitative estimate of drug-likeness (QED) is 0.817. The van der Waals surface area contributed by atoms with Crippen molar-refractivity contribution in [3.8, 4) is 0 Å². The highest BCUT2D eigenvalue weighted by Crippen LogP contribution is 2.13. The van der Waals surface area contributed by atoms with Crippen molar-refractivity contribution >= 4 is 17.2 Å². The summed E-state index contributed by atoms with van der Waals surface area (Å²) in [6.45, 7) is 6.00. The zero-order valence-electron chi connectivity index (χ0n) is 11.8. The number of piperazine rings is 1. The molecular weight excluding hydrogens is 258 g/mol. The first kappa shape index (κ1) is 14.5. The number of carbonyl (C=O) groups is 1. The summed E-state index contributed by atoms with van der Waals surface area (Å²) in [5.41, 5.74) is 0. The molecule has 0 radical (unpaired) electrons. The van der Waals surface area contributed by atoms with Gasteiger partial charge in [0.25, 0.3) is 5.91 Å². The van der Waals surface area contributed by atoms with Crippen molar-refractivity contribution in [2.75, 3.05) is 53.4 Å². The van der Waals surface area contributed by atoms with Gasteiger partial charge in [0.1, 0.15) is 0 Å². The number of nitrogens with zero attached hydrogens (tertiary/aromatic N) is 3. The molecule has 1 amide bonds. The summed E-state index contributed by atoms with van der Waals surface area (Å²) in [5, 5.41) is 1.96. The highest BCUT2D eigenvalue weighted by molar-refractivity contribution is 7.12. The molecule has 4 nitrogen and oxygen atoms in total. The van der Waals surface area contributed by atoms with Crippen LogP contribution in [0.4, 0.5) is 0 Å². The summed E-state index contributed by atoms with van der Waals surface area (Å²) in [6.07, 6.45) is 1.20. The normalized spacial score (nSPS) is 17.1. The van der Waals surface area contributed by atoms with Gasteiger partial charge in [0.15, 0.2) is 0 Å². The Morgan fingerprint density at radius 1 is 1.32 bits per heavy atom. The maximum absolute atomic E-state index is 12.2. The molecule has 19 heavy (non-hydrogen) atoms. The molecule has 0 N–H and O–H groups in total. The lowest BCUT2D eigenvalue weighted by Crippen LogP contribution is -2.48. The van der Waals surface area contributed by atoms with Gasteiger partial charge in [-0.2, -0.15) is 0 Å². The summed E-state index contributed by atoms with van der Waals surface area (Å²) >= 11 is 1.53. The van der Waals surface area contributed by atoms with Gasteiger partial charge >= 0.3 is 0 Å². The van der Waals surface area contributed by atoms with Crippen molar-refractivity contribution < 1.29 is 4.79 Å². The molecule has 0 unspecified atom stereocenters. The van der Waals surface area contributed by atoms with Crippen LogP contribution in [-0.4, -0.2) is 74.0 Å². The Bertz CT molecular complexity index is 383. The average molecular weight is 281 g/mol. The van der Waals surface area contributed by atoms with Crippen molar-refractivity contribution in [3.05, 3.63) is 22.4 Å². The van der Waals surface area contributed by atoms with Crippen LogP contribution in [0.25, 0.3) is 0 Å². The van der Waals surface area contributed by atoms with Crippen molar-refractivity contribution in [1.29, 1.82) is 0 Å². The van der Waals surface area contributed by atoms with Crippen LogP contribution in [0.3, 0.4) is 0 Å². The summed E-state index contributed by atoms with van der Waals surface area (Å²) in [5.74, 6) is 0.197. The molecule has 1 fully saturated rings. The summed E-state index contributed by atoms with van der Waals surface area (Å²) < 4.78 is 0. The van der Waals surface area contributed by atoms with Gasteiger partial charge < -0.3 is 9.80 Å². The third-order valence-electron chi connectivity index (χ3n) is 3.47. The van der Waals surface area contributed by atoms with Crippen LogP contribution in [0, 0.1) is 0 Å². The maximum atomic E-state index is 12.2. The first-order valence-electron chi connectivity index (χ1n) is 6.86. The molecule has 2 rings (SSSR count). The second-order valence-electron chi connectivity index (χ2n) is 5.27. The predicted octanol–water partition coefficient (Wildman–Crippen LogP) is 1.46. The monoisotopic (exact) mass is 281 g/mol. The van der Waals surface area contributed by atoms with Crippen LogP contribution in [-0.2, 0) is 0 Å². The van der Waals surface area contributed by atoms with Crippen molar-refractivity contribution in [1.82, 2.24) is 14.7 Å². The fraction of sp³-hybridized carbons (Fsp3) is 0.643. The smallest absolute Gasteiger partial charge is 0.264 e. The zero-order chi connectivity index (χ0) is 13.7. The second-order valence-corrected chi connectivity index (χ2v) is 6.22. The van der Waals surface area contributed by atoms with E-state index in [1.807, 2.05) is 22.4 Å². The number of hydrogen-bond donors (Lipinski definition) is 0. The second kappa shape index (κ2) is 7.03. The Morgan fingerprint density at radius 3 is 2.63 bits per heavy atom. The van der Waals surface area contributed by atoms with Crippen LogP contribution in [0.15, 0.2) is 17.5 Å². The van der Waals surface area contributed by atoms with E-state index in [1.165, 1.54) is 17.8 Å². The Morgan fingerprint density at radius 2 is 2.05 bits per heavy atom. The molecule has 0 spiro atoms. The van der Waals surface area contributed by atoms with Crippen LogP contribution < -0.4 is 0 Å². The van der Waals surface area contributed by atoms with E-state index in [1.54, 1.807) is 0 Å². The van der Waals surface area contributed by atoms with Crippen LogP contribution in [0.5, 0.6) is 0 Å². The minimum Gasteiger partial charge on any atom is -0.335 e. The predicted molar refractivity (Wildman–Crippen MR) is 79.8 cm³/mol. The molecule has 0 atom stereocenters. The third-order valence-corrected chi connectivity index (χ3v) is 4.33. The van der Waals surface area contributed by atoms with Crippen LogP contribution >= 0.6 is 11.3 Å². The average Bonchev–Trinajstić information content (AvgIpc) is 2.92. The van der Waals surface area contributed by atoms with E-state index in [-0.39, 0.29) is 5.91 Å². The van der Waals surface area contributed by atoms with E-state index in [0.717, 1.165) is 44.1 Å². The number of rotatable bonds is 5. The molecule has 1 aliphatic heterocycles. The van der Waals surface area contributed by atoms with E-state index in [4.69, 9.17) is 0 Å². The summed E-state index contributed by atoms with van der Waals surface area (Å²) in [6, 6.07) is 3.85. The summed E-state index contributed by atoms with van der Waals surface area (Å²) in [7, 11) is 4.22. The molecule has 106 valence electrons. The number of amides is 1. The Hall–Kier alpha value is -0.910. The minimum absolute atomic E-state index is 0.197. The molecule has 0 aliphatic carbocycles. The molecule has 1 aromatic rings. The van der Waals surface area contributed by atoms with Crippen molar-refractivity contribution in [3.63, 3.8) is 0 Å². The molecule has 0 aromatic carbocycles. The Balaban J connectivity index is 1.72. The third kappa shape index (κ3) is 4.30. The molecular formula is C14H23N3OS. The molecule has 2 heterocycles.